The van der Waals surface area contributed by atoms with Crippen molar-refractivity contribution in [3.8, 4) is 11.5 Å². The molecule has 0 aliphatic carbocycles. The van der Waals surface area contributed by atoms with Gasteiger partial charge >= 0.3 is 5.91 Å². The molecule has 140 valence electrons. The Morgan fingerprint density at radius 1 is 1.07 bits per heavy atom. The molecule has 9 nitrogen and oxygen atoms in total. The van der Waals surface area contributed by atoms with Crippen LogP contribution in [0.1, 0.15) is 17.0 Å². The fourth-order valence-corrected chi connectivity index (χ4v) is 3.02. The van der Waals surface area contributed by atoms with E-state index in [-0.39, 0.29) is 24.6 Å². The van der Waals surface area contributed by atoms with E-state index in [2.05, 4.69) is 10.9 Å². The van der Waals surface area contributed by atoms with Gasteiger partial charge in [0.2, 0.25) is 11.8 Å². The van der Waals surface area contributed by atoms with Crippen molar-refractivity contribution in [1.29, 1.82) is 0 Å². The number of hydrazine groups is 1. The largest absolute Gasteiger partial charge is 0.486 e. The van der Waals surface area contributed by atoms with Gasteiger partial charge in [0.05, 0.1) is 12.2 Å². The quantitative estimate of drug-likeness (QED) is 0.775. The van der Waals surface area contributed by atoms with E-state index < -0.39 is 17.7 Å². The van der Waals surface area contributed by atoms with E-state index in [1.807, 2.05) is 0 Å². The number of furan rings is 1. The number of benzene rings is 1. The van der Waals surface area contributed by atoms with E-state index >= 15 is 0 Å². The van der Waals surface area contributed by atoms with Crippen molar-refractivity contribution in [1.82, 2.24) is 10.9 Å². The number of rotatable bonds is 3. The molecule has 0 bridgehead atoms. The molecule has 0 saturated carbocycles. The molecule has 0 unspecified atom stereocenters. The molecule has 2 aliphatic heterocycles. The highest BCUT2D eigenvalue weighted by molar-refractivity contribution is 6.01. The van der Waals surface area contributed by atoms with Crippen LogP contribution in [0, 0.1) is 5.92 Å². The smallest absolute Gasteiger partial charge is 0.305 e. The van der Waals surface area contributed by atoms with Crippen LogP contribution >= 0.6 is 0 Å². The lowest BCUT2D eigenvalue weighted by Gasteiger charge is -2.22. The van der Waals surface area contributed by atoms with Crippen molar-refractivity contribution in [3.05, 3.63) is 42.4 Å². The predicted molar refractivity (Wildman–Crippen MR) is 92.2 cm³/mol. The zero-order valence-corrected chi connectivity index (χ0v) is 14.3. The number of fused-ring (bicyclic) bond motifs is 1. The molecule has 1 fully saturated rings. The topological polar surface area (TPSA) is 110 Å². The Balaban J connectivity index is 1.38. The Hall–Kier alpha value is -3.49. The highest BCUT2D eigenvalue weighted by Gasteiger charge is 2.35. The normalized spacial score (nSPS) is 18.3. The molecule has 27 heavy (non-hydrogen) atoms. The van der Waals surface area contributed by atoms with E-state index in [9.17, 15) is 14.4 Å². The lowest BCUT2D eigenvalue weighted by molar-refractivity contribution is -0.126. The van der Waals surface area contributed by atoms with Gasteiger partial charge in [0.15, 0.2) is 17.3 Å². The first-order chi connectivity index (χ1) is 13.1. The minimum absolute atomic E-state index is 0.0525. The molecular formula is C18H17N3O6. The Bertz CT molecular complexity index is 879. The van der Waals surface area contributed by atoms with E-state index in [1.165, 1.54) is 17.2 Å². The van der Waals surface area contributed by atoms with Crippen LogP contribution in [0.15, 0.2) is 41.0 Å². The minimum Gasteiger partial charge on any atom is -0.486 e. The number of ether oxygens (including phenoxy) is 2. The van der Waals surface area contributed by atoms with Crippen LogP contribution in [0.5, 0.6) is 11.5 Å². The monoisotopic (exact) mass is 371 g/mol. The summed E-state index contributed by atoms with van der Waals surface area (Å²) in [6, 6.07) is 8.27. The van der Waals surface area contributed by atoms with E-state index in [0.717, 1.165) is 0 Å². The lowest BCUT2D eigenvalue weighted by atomic mass is 10.1. The molecule has 4 rings (SSSR count). The van der Waals surface area contributed by atoms with Crippen molar-refractivity contribution in [3.63, 3.8) is 0 Å². The zero-order chi connectivity index (χ0) is 18.8. The third-order valence-corrected chi connectivity index (χ3v) is 4.38. The van der Waals surface area contributed by atoms with Crippen molar-refractivity contribution in [2.75, 3.05) is 24.7 Å². The van der Waals surface area contributed by atoms with Crippen molar-refractivity contribution in [2.24, 2.45) is 5.92 Å². The summed E-state index contributed by atoms with van der Waals surface area (Å²) >= 11 is 0. The number of anilines is 1. The fourth-order valence-electron chi connectivity index (χ4n) is 3.02. The first-order valence-electron chi connectivity index (χ1n) is 8.45. The molecule has 2 aliphatic rings. The van der Waals surface area contributed by atoms with Crippen LogP contribution in [0.3, 0.4) is 0 Å². The standard InChI is InChI=1S/C18H17N3O6/c22-16-8-11(17(23)19-20-18(24)14-2-1-5-25-14)10-21(16)12-3-4-13-15(9-12)27-7-6-26-13/h1-5,9,11H,6-8,10H2,(H,19,23)(H,20,24)/t11-/m0/s1. The molecule has 1 aromatic carbocycles. The number of hydrogen-bond acceptors (Lipinski definition) is 6. The summed E-state index contributed by atoms with van der Waals surface area (Å²) in [5.41, 5.74) is 5.24. The highest BCUT2D eigenvalue weighted by atomic mass is 16.6. The van der Waals surface area contributed by atoms with E-state index in [4.69, 9.17) is 13.9 Å². The Kier molecular flexibility index (Phi) is 4.41. The van der Waals surface area contributed by atoms with Gasteiger partial charge in [-0.2, -0.15) is 0 Å². The Morgan fingerprint density at radius 3 is 2.67 bits per heavy atom. The van der Waals surface area contributed by atoms with Gasteiger partial charge in [-0.05, 0) is 24.3 Å². The van der Waals surface area contributed by atoms with Gasteiger partial charge in [-0.1, -0.05) is 0 Å². The van der Waals surface area contributed by atoms with Gasteiger partial charge in [0.25, 0.3) is 0 Å². The van der Waals surface area contributed by atoms with Crippen LogP contribution in [-0.4, -0.2) is 37.5 Å². The van der Waals surface area contributed by atoms with Gasteiger partial charge in [-0.3, -0.25) is 25.2 Å². The molecule has 1 atom stereocenters. The average Bonchev–Trinajstić information content (AvgIpc) is 3.35. The van der Waals surface area contributed by atoms with Gasteiger partial charge in [0.1, 0.15) is 13.2 Å². The van der Waals surface area contributed by atoms with Crippen LogP contribution < -0.4 is 25.2 Å². The summed E-state index contributed by atoms with van der Waals surface area (Å²) in [6.45, 7) is 1.15. The van der Waals surface area contributed by atoms with Crippen LogP contribution in [0.2, 0.25) is 0 Å². The van der Waals surface area contributed by atoms with Crippen LogP contribution in [0.4, 0.5) is 5.69 Å². The van der Waals surface area contributed by atoms with Gasteiger partial charge < -0.3 is 18.8 Å². The van der Waals surface area contributed by atoms with Gasteiger partial charge in [-0.25, -0.2) is 0 Å². The van der Waals surface area contributed by atoms with Gasteiger partial charge in [0, 0.05) is 24.7 Å². The predicted octanol–water partition coefficient (Wildman–Crippen LogP) is 0.865. The number of carbonyl (C=O) groups is 3. The van der Waals surface area contributed by atoms with Crippen molar-refractivity contribution < 1.29 is 28.3 Å². The average molecular weight is 371 g/mol. The summed E-state index contributed by atoms with van der Waals surface area (Å²) in [5.74, 6) is -0.483. The number of carbonyl (C=O) groups excluding carboxylic acids is 3. The summed E-state index contributed by atoms with van der Waals surface area (Å²) in [5, 5.41) is 0. The van der Waals surface area contributed by atoms with E-state index in [0.29, 0.717) is 30.4 Å². The van der Waals surface area contributed by atoms with Gasteiger partial charge in [-0.15, -0.1) is 0 Å². The number of nitrogens with one attached hydrogen (secondary N) is 2. The molecule has 9 heteroatoms. The zero-order valence-electron chi connectivity index (χ0n) is 14.3. The molecule has 0 radical (unpaired) electrons. The second kappa shape index (κ2) is 7.02. The van der Waals surface area contributed by atoms with Crippen LogP contribution in [0.25, 0.3) is 0 Å². The lowest BCUT2D eigenvalue weighted by Crippen LogP contribution is -2.45. The molecule has 2 N–H and O–H groups in total. The number of hydrogen-bond donors (Lipinski definition) is 2. The maximum atomic E-state index is 12.4. The Morgan fingerprint density at radius 2 is 1.89 bits per heavy atom. The molecule has 2 aromatic rings. The van der Waals surface area contributed by atoms with E-state index in [1.54, 1.807) is 24.3 Å². The maximum Gasteiger partial charge on any atom is 0.305 e. The molecule has 1 aromatic heterocycles. The summed E-state index contributed by atoms with van der Waals surface area (Å²) < 4.78 is 15.9. The first kappa shape index (κ1) is 17.0. The summed E-state index contributed by atoms with van der Waals surface area (Å²) in [7, 11) is 0. The second-order valence-corrected chi connectivity index (χ2v) is 6.15. The number of nitrogens with zero attached hydrogens (tertiary/aromatic N) is 1. The Labute approximate surface area is 154 Å². The van der Waals surface area contributed by atoms with Crippen molar-refractivity contribution >= 4 is 23.4 Å². The molecule has 3 heterocycles. The molecule has 0 spiro atoms. The third kappa shape index (κ3) is 3.43. The molecule has 1 saturated heterocycles. The summed E-state index contributed by atoms with van der Waals surface area (Å²) in [4.78, 5) is 38.0. The molecule has 3 amide bonds. The number of amides is 3. The minimum atomic E-state index is -0.581. The summed E-state index contributed by atoms with van der Waals surface area (Å²) in [6.07, 6.45) is 1.41. The molecular weight excluding hydrogens is 354 g/mol. The second-order valence-electron chi connectivity index (χ2n) is 6.15. The SMILES string of the molecule is O=C(NNC(=O)[C@H]1CC(=O)N(c2ccc3c(c2)OCCO3)C1)c1ccco1. The van der Waals surface area contributed by atoms with Crippen LogP contribution in [-0.2, 0) is 9.59 Å². The van der Waals surface area contributed by atoms with Crippen molar-refractivity contribution in [2.45, 2.75) is 6.42 Å². The maximum absolute atomic E-state index is 12.4. The third-order valence-electron chi connectivity index (χ3n) is 4.38. The highest BCUT2D eigenvalue weighted by Crippen LogP contribution is 2.35. The fraction of sp³-hybridized carbons (Fsp3) is 0.278. The first-order valence-corrected chi connectivity index (χ1v) is 8.45.